The highest BCUT2D eigenvalue weighted by Crippen LogP contribution is 2.35. The largest absolute Gasteiger partial charge is 0.344 e. The summed E-state index contributed by atoms with van der Waals surface area (Å²) in [6.45, 7) is 1.80. The maximum absolute atomic E-state index is 12.8. The number of nitrogens with one attached hydrogen (secondary N) is 2. The molecule has 1 aromatic rings. The first-order valence-electron chi connectivity index (χ1n) is 9.72. The Labute approximate surface area is 169 Å². The number of imide groups is 1. The molecule has 4 rings (SSSR count). The van der Waals surface area contributed by atoms with Gasteiger partial charge >= 0.3 is 6.03 Å². The fraction of sp³-hybridized carbons (Fsp3) is 0.526. The molecule has 9 nitrogen and oxygen atoms in total. The number of benzene rings is 1. The van der Waals surface area contributed by atoms with Crippen LogP contribution in [0.25, 0.3) is 0 Å². The SMILES string of the molecule is C[C@@H]1Cc2cc(C(=O)NN3C(=O)NC4(CCCCC4)C3=O)ccc2N1S(C)(=O)=O. The van der Waals surface area contributed by atoms with Gasteiger partial charge in [-0.3, -0.25) is 19.3 Å². The van der Waals surface area contributed by atoms with Gasteiger partial charge in [0.25, 0.3) is 11.8 Å². The third kappa shape index (κ3) is 3.25. The summed E-state index contributed by atoms with van der Waals surface area (Å²) in [6, 6.07) is 3.84. The summed E-state index contributed by atoms with van der Waals surface area (Å²) in [4.78, 5) is 37.8. The number of hydrogen-bond donors (Lipinski definition) is 2. The monoisotopic (exact) mass is 420 g/mol. The summed E-state index contributed by atoms with van der Waals surface area (Å²) in [5, 5.41) is 3.52. The zero-order chi connectivity index (χ0) is 21.0. The Kier molecular flexibility index (Phi) is 4.56. The molecule has 1 saturated carbocycles. The fourth-order valence-electron chi connectivity index (χ4n) is 4.63. The standard InChI is InChI=1S/C19H24N4O5S/c1-12-10-14-11-13(6-7-15(14)23(12)29(2,27)28)16(24)21-22-17(25)19(20-18(22)26)8-4-3-5-9-19/h6-7,11-12H,3-5,8-10H2,1-2H3,(H,20,26)(H,21,24)/t12-/m1/s1. The number of hydrazine groups is 1. The Bertz CT molecular complexity index is 1000. The van der Waals surface area contributed by atoms with Crippen LogP contribution in [0.1, 0.15) is 54.9 Å². The van der Waals surface area contributed by atoms with Crippen molar-refractivity contribution in [3.63, 3.8) is 0 Å². The molecule has 0 aromatic heterocycles. The zero-order valence-electron chi connectivity index (χ0n) is 16.4. The number of anilines is 1. The molecule has 0 unspecified atom stereocenters. The molecule has 1 saturated heterocycles. The number of urea groups is 1. The van der Waals surface area contributed by atoms with E-state index in [1.807, 2.05) is 0 Å². The van der Waals surface area contributed by atoms with Crippen molar-refractivity contribution in [2.45, 2.75) is 57.0 Å². The predicted octanol–water partition coefficient (Wildman–Crippen LogP) is 1.30. The number of amides is 4. The first-order valence-corrected chi connectivity index (χ1v) is 11.6. The summed E-state index contributed by atoms with van der Waals surface area (Å²) in [5.74, 6) is -1.01. The maximum Gasteiger partial charge on any atom is 0.344 e. The summed E-state index contributed by atoms with van der Waals surface area (Å²) < 4.78 is 25.4. The fourth-order valence-corrected chi connectivity index (χ4v) is 5.90. The van der Waals surface area contributed by atoms with E-state index in [4.69, 9.17) is 0 Å². The minimum atomic E-state index is -3.42. The van der Waals surface area contributed by atoms with Gasteiger partial charge in [0.1, 0.15) is 5.54 Å². The van der Waals surface area contributed by atoms with E-state index < -0.39 is 33.4 Å². The van der Waals surface area contributed by atoms with E-state index in [9.17, 15) is 22.8 Å². The molecule has 1 aliphatic carbocycles. The number of rotatable bonds is 3. The van der Waals surface area contributed by atoms with E-state index in [0.29, 0.717) is 24.9 Å². The van der Waals surface area contributed by atoms with Crippen LogP contribution in [0.15, 0.2) is 18.2 Å². The molecule has 2 heterocycles. The van der Waals surface area contributed by atoms with Crippen molar-refractivity contribution in [2.75, 3.05) is 10.6 Å². The lowest BCUT2D eigenvalue weighted by molar-refractivity contribution is -0.134. The van der Waals surface area contributed by atoms with Crippen molar-refractivity contribution >= 4 is 33.6 Å². The molecule has 1 spiro atoms. The molecule has 4 amide bonds. The molecule has 10 heteroatoms. The minimum Gasteiger partial charge on any atom is -0.322 e. The smallest absolute Gasteiger partial charge is 0.322 e. The van der Waals surface area contributed by atoms with Gasteiger partial charge in [0.2, 0.25) is 10.0 Å². The van der Waals surface area contributed by atoms with Crippen LogP contribution >= 0.6 is 0 Å². The molecule has 3 aliphatic rings. The molecule has 156 valence electrons. The number of hydrogen-bond acceptors (Lipinski definition) is 5. The van der Waals surface area contributed by atoms with Crippen molar-refractivity contribution < 1.29 is 22.8 Å². The van der Waals surface area contributed by atoms with Gasteiger partial charge in [-0.2, -0.15) is 5.01 Å². The third-order valence-electron chi connectivity index (χ3n) is 5.93. The van der Waals surface area contributed by atoms with Gasteiger partial charge < -0.3 is 5.32 Å². The third-order valence-corrected chi connectivity index (χ3v) is 7.21. The highest BCUT2D eigenvalue weighted by molar-refractivity contribution is 7.92. The lowest BCUT2D eigenvalue weighted by Gasteiger charge is -2.30. The Morgan fingerprint density at radius 1 is 1.21 bits per heavy atom. The summed E-state index contributed by atoms with van der Waals surface area (Å²) >= 11 is 0. The number of carbonyl (C=O) groups excluding carboxylic acids is 3. The van der Waals surface area contributed by atoms with Crippen molar-refractivity contribution in [1.29, 1.82) is 0 Å². The Hall–Kier alpha value is -2.62. The topological polar surface area (TPSA) is 116 Å². The zero-order valence-corrected chi connectivity index (χ0v) is 17.2. The van der Waals surface area contributed by atoms with Crippen molar-refractivity contribution in [3.05, 3.63) is 29.3 Å². The van der Waals surface area contributed by atoms with Crippen LogP contribution < -0.4 is 15.0 Å². The molecule has 29 heavy (non-hydrogen) atoms. The Balaban J connectivity index is 1.54. The first-order chi connectivity index (χ1) is 13.6. The minimum absolute atomic E-state index is 0.240. The van der Waals surface area contributed by atoms with Crippen molar-refractivity contribution in [2.24, 2.45) is 0 Å². The molecule has 0 radical (unpaired) electrons. The number of sulfonamides is 1. The molecule has 0 bridgehead atoms. The van der Waals surface area contributed by atoms with Gasteiger partial charge in [-0.1, -0.05) is 19.3 Å². The summed E-state index contributed by atoms with van der Waals surface area (Å²) in [5.41, 5.74) is 3.04. The molecule has 2 fully saturated rings. The van der Waals surface area contributed by atoms with Gasteiger partial charge in [-0.25, -0.2) is 13.2 Å². The second-order valence-electron chi connectivity index (χ2n) is 8.11. The van der Waals surface area contributed by atoms with E-state index in [0.717, 1.165) is 36.1 Å². The van der Waals surface area contributed by atoms with Crippen LogP contribution in [0, 0.1) is 0 Å². The molecular weight excluding hydrogens is 396 g/mol. The first kappa shape index (κ1) is 19.7. The maximum atomic E-state index is 12.8. The van der Waals surface area contributed by atoms with Crippen LogP contribution in [0.2, 0.25) is 0 Å². The van der Waals surface area contributed by atoms with E-state index in [-0.39, 0.29) is 11.6 Å². The normalized spacial score (nSPS) is 23.3. The average Bonchev–Trinajstić information content (AvgIpc) is 3.10. The number of nitrogens with zero attached hydrogens (tertiary/aromatic N) is 2. The highest BCUT2D eigenvalue weighted by atomic mass is 32.2. The Morgan fingerprint density at radius 3 is 2.55 bits per heavy atom. The van der Waals surface area contributed by atoms with Gasteiger partial charge in [0, 0.05) is 11.6 Å². The molecular formula is C19H24N4O5S. The van der Waals surface area contributed by atoms with Crippen LogP contribution in [0.4, 0.5) is 10.5 Å². The number of carbonyl (C=O) groups is 3. The second-order valence-corrected chi connectivity index (χ2v) is 9.97. The molecule has 1 atom stereocenters. The van der Waals surface area contributed by atoms with Crippen molar-refractivity contribution in [1.82, 2.24) is 15.8 Å². The molecule has 1 aromatic carbocycles. The van der Waals surface area contributed by atoms with E-state index in [1.54, 1.807) is 19.1 Å². The lowest BCUT2D eigenvalue weighted by atomic mass is 9.82. The lowest BCUT2D eigenvalue weighted by Crippen LogP contribution is -2.50. The van der Waals surface area contributed by atoms with Crippen LogP contribution in [-0.4, -0.2) is 49.1 Å². The molecule has 2 aliphatic heterocycles. The van der Waals surface area contributed by atoms with E-state index >= 15 is 0 Å². The quantitative estimate of drug-likeness (QED) is 0.715. The van der Waals surface area contributed by atoms with Gasteiger partial charge in [-0.15, -0.1) is 0 Å². The average molecular weight is 420 g/mol. The van der Waals surface area contributed by atoms with Gasteiger partial charge in [0.15, 0.2) is 0 Å². The van der Waals surface area contributed by atoms with E-state index in [2.05, 4.69) is 10.7 Å². The van der Waals surface area contributed by atoms with Crippen molar-refractivity contribution in [3.8, 4) is 0 Å². The summed E-state index contributed by atoms with van der Waals surface area (Å²) in [6.07, 6.45) is 5.51. The van der Waals surface area contributed by atoms with Crippen LogP contribution in [0.5, 0.6) is 0 Å². The van der Waals surface area contributed by atoms with Gasteiger partial charge in [-0.05, 0) is 49.9 Å². The highest BCUT2D eigenvalue weighted by Gasteiger charge is 2.52. The van der Waals surface area contributed by atoms with Gasteiger partial charge in [0.05, 0.1) is 11.9 Å². The second kappa shape index (κ2) is 6.72. The Morgan fingerprint density at radius 2 is 1.90 bits per heavy atom. The van der Waals surface area contributed by atoms with Crippen LogP contribution in [-0.2, 0) is 21.2 Å². The number of fused-ring (bicyclic) bond motifs is 1. The van der Waals surface area contributed by atoms with Crippen LogP contribution in [0.3, 0.4) is 0 Å². The predicted molar refractivity (Wildman–Crippen MR) is 106 cm³/mol. The van der Waals surface area contributed by atoms with E-state index in [1.165, 1.54) is 10.4 Å². The summed E-state index contributed by atoms with van der Waals surface area (Å²) in [7, 11) is -3.42. The molecule has 2 N–H and O–H groups in total.